The van der Waals surface area contributed by atoms with E-state index in [1.54, 1.807) is 10.7 Å². The molecule has 2 aromatic heterocycles. The average molecular weight is 203 g/mol. The molecule has 0 fully saturated rings. The van der Waals surface area contributed by atoms with E-state index in [0.717, 1.165) is 18.5 Å². The third-order valence-corrected chi connectivity index (χ3v) is 2.60. The first-order chi connectivity index (χ1) is 7.25. The lowest BCUT2D eigenvalue weighted by Gasteiger charge is -2.13. The summed E-state index contributed by atoms with van der Waals surface area (Å²) in [4.78, 5) is 19.6. The third kappa shape index (κ3) is 1.11. The lowest BCUT2D eigenvalue weighted by atomic mass is 9.96. The summed E-state index contributed by atoms with van der Waals surface area (Å²) in [5.74, 6) is 0.773. The number of carbonyl (C=O) groups is 1. The van der Waals surface area contributed by atoms with Crippen molar-refractivity contribution in [2.24, 2.45) is 0 Å². The molecule has 2 heterocycles. The van der Waals surface area contributed by atoms with Gasteiger partial charge in [-0.1, -0.05) is 0 Å². The van der Waals surface area contributed by atoms with Crippen LogP contribution in [-0.2, 0) is 6.42 Å². The SMILES string of the molecule is Nc1nc2ncc3c(n2n1)CCCC3=O. The predicted molar refractivity (Wildman–Crippen MR) is 52.5 cm³/mol. The minimum Gasteiger partial charge on any atom is -0.366 e. The minimum atomic E-state index is 0.125. The highest BCUT2D eigenvalue weighted by Crippen LogP contribution is 2.20. The van der Waals surface area contributed by atoms with Crippen molar-refractivity contribution < 1.29 is 4.79 Å². The fraction of sp³-hybridized carbons (Fsp3) is 0.333. The maximum Gasteiger partial charge on any atom is 0.254 e. The summed E-state index contributed by atoms with van der Waals surface area (Å²) in [6, 6.07) is 0. The quantitative estimate of drug-likeness (QED) is 0.662. The van der Waals surface area contributed by atoms with E-state index in [1.807, 2.05) is 0 Å². The van der Waals surface area contributed by atoms with Crippen LogP contribution in [0, 0.1) is 0 Å². The molecule has 0 bridgehead atoms. The molecule has 0 amide bonds. The zero-order valence-electron chi connectivity index (χ0n) is 7.97. The first kappa shape index (κ1) is 8.34. The third-order valence-electron chi connectivity index (χ3n) is 2.60. The van der Waals surface area contributed by atoms with Crippen LogP contribution in [0.3, 0.4) is 0 Å². The van der Waals surface area contributed by atoms with Crippen LogP contribution in [0.15, 0.2) is 6.20 Å². The van der Waals surface area contributed by atoms with Gasteiger partial charge in [-0.05, 0) is 12.8 Å². The number of Topliss-reactive ketones (excluding diaryl/α,β-unsaturated/α-hetero) is 1. The molecule has 76 valence electrons. The predicted octanol–water partition coefficient (Wildman–Crippen LogP) is 0.225. The Kier molecular flexibility index (Phi) is 1.53. The first-order valence-corrected chi connectivity index (χ1v) is 4.79. The lowest BCUT2D eigenvalue weighted by Crippen LogP contribution is -2.16. The molecule has 1 aliphatic carbocycles. The van der Waals surface area contributed by atoms with Gasteiger partial charge in [-0.3, -0.25) is 4.79 Å². The largest absolute Gasteiger partial charge is 0.366 e. The molecule has 0 radical (unpaired) electrons. The molecule has 0 aromatic carbocycles. The second-order valence-corrected chi connectivity index (χ2v) is 3.58. The van der Waals surface area contributed by atoms with Crippen LogP contribution in [0.4, 0.5) is 5.95 Å². The number of rotatable bonds is 0. The standard InChI is InChI=1S/C9H9N5O/c10-8-12-9-11-4-5-6(14(9)13-8)2-1-3-7(5)15/h4H,1-3H2,(H2,10,13). The van der Waals surface area contributed by atoms with Gasteiger partial charge in [-0.15, -0.1) is 5.10 Å². The van der Waals surface area contributed by atoms with Gasteiger partial charge in [-0.25, -0.2) is 4.98 Å². The van der Waals surface area contributed by atoms with Crippen LogP contribution in [0.1, 0.15) is 28.9 Å². The number of nitrogens with two attached hydrogens (primary N) is 1. The fourth-order valence-electron chi connectivity index (χ4n) is 1.92. The normalized spacial score (nSPS) is 15.6. The fourth-order valence-corrected chi connectivity index (χ4v) is 1.92. The van der Waals surface area contributed by atoms with Gasteiger partial charge in [0.15, 0.2) is 5.78 Å². The Morgan fingerprint density at radius 3 is 3.13 bits per heavy atom. The van der Waals surface area contributed by atoms with Crippen molar-refractivity contribution in [2.75, 3.05) is 5.73 Å². The first-order valence-electron chi connectivity index (χ1n) is 4.79. The van der Waals surface area contributed by atoms with Crippen LogP contribution < -0.4 is 5.73 Å². The topological polar surface area (TPSA) is 86.2 Å². The molecular weight excluding hydrogens is 194 g/mol. The summed E-state index contributed by atoms with van der Waals surface area (Å²) in [5.41, 5.74) is 7.02. The number of aromatic nitrogens is 4. The highest BCUT2D eigenvalue weighted by atomic mass is 16.1. The van der Waals surface area contributed by atoms with E-state index in [0.29, 0.717) is 17.8 Å². The van der Waals surface area contributed by atoms with Crippen molar-refractivity contribution in [3.8, 4) is 0 Å². The number of nitrogens with zero attached hydrogens (tertiary/aromatic N) is 4. The summed E-state index contributed by atoms with van der Waals surface area (Å²) < 4.78 is 1.57. The summed E-state index contributed by atoms with van der Waals surface area (Å²) in [7, 11) is 0. The summed E-state index contributed by atoms with van der Waals surface area (Å²) in [5, 5.41) is 4.03. The Labute approximate surface area is 85.1 Å². The van der Waals surface area contributed by atoms with Crippen LogP contribution in [0.5, 0.6) is 0 Å². The molecule has 0 atom stereocenters. The Morgan fingerprint density at radius 1 is 1.40 bits per heavy atom. The molecule has 6 heteroatoms. The van der Waals surface area contributed by atoms with Crippen LogP contribution in [-0.4, -0.2) is 25.4 Å². The van der Waals surface area contributed by atoms with Gasteiger partial charge in [0.2, 0.25) is 5.95 Å². The molecule has 0 spiro atoms. The number of carbonyl (C=O) groups excluding carboxylic acids is 1. The highest BCUT2D eigenvalue weighted by Gasteiger charge is 2.21. The van der Waals surface area contributed by atoms with E-state index >= 15 is 0 Å². The molecule has 0 aliphatic heterocycles. The maximum absolute atomic E-state index is 11.6. The minimum absolute atomic E-state index is 0.125. The number of aryl methyl sites for hydroxylation is 1. The molecular formula is C9H9N5O. The molecule has 2 aromatic rings. The Morgan fingerprint density at radius 2 is 2.27 bits per heavy atom. The van der Waals surface area contributed by atoms with E-state index in [1.165, 1.54) is 0 Å². The summed E-state index contributed by atoms with van der Waals surface area (Å²) >= 11 is 0. The highest BCUT2D eigenvalue weighted by molar-refractivity contribution is 5.97. The average Bonchev–Trinajstić information content (AvgIpc) is 2.59. The summed E-state index contributed by atoms with van der Waals surface area (Å²) in [6.45, 7) is 0. The molecule has 0 saturated heterocycles. The van der Waals surface area contributed by atoms with Crippen molar-refractivity contribution in [3.05, 3.63) is 17.5 Å². The van der Waals surface area contributed by atoms with Gasteiger partial charge in [0.1, 0.15) is 0 Å². The number of ketones is 1. The maximum atomic E-state index is 11.6. The zero-order valence-corrected chi connectivity index (χ0v) is 7.97. The second-order valence-electron chi connectivity index (χ2n) is 3.58. The van der Waals surface area contributed by atoms with Gasteiger partial charge < -0.3 is 5.73 Å². The molecule has 0 saturated carbocycles. The molecule has 2 N–H and O–H groups in total. The van der Waals surface area contributed by atoms with Crippen LogP contribution in [0.2, 0.25) is 0 Å². The lowest BCUT2D eigenvalue weighted by molar-refractivity contribution is 0.0970. The Balaban J connectivity index is 2.37. The molecule has 15 heavy (non-hydrogen) atoms. The van der Waals surface area contributed by atoms with E-state index in [2.05, 4.69) is 15.1 Å². The second kappa shape index (κ2) is 2.75. The van der Waals surface area contributed by atoms with Crippen molar-refractivity contribution in [1.82, 2.24) is 19.6 Å². The van der Waals surface area contributed by atoms with Crippen molar-refractivity contribution >= 4 is 17.5 Å². The van der Waals surface area contributed by atoms with E-state index in [9.17, 15) is 4.79 Å². The molecule has 3 rings (SSSR count). The molecule has 1 aliphatic rings. The van der Waals surface area contributed by atoms with E-state index < -0.39 is 0 Å². The van der Waals surface area contributed by atoms with E-state index in [4.69, 9.17) is 5.73 Å². The Hall–Kier alpha value is -1.98. The summed E-state index contributed by atoms with van der Waals surface area (Å²) in [6.07, 6.45) is 3.83. The number of hydrogen-bond donors (Lipinski definition) is 1. The van der Waals surface area contributed by atoms with Gasteiger partial charge in [-0.2, -0.15) is 9.50 Å². The van der Waals surface area contributed by atoms with Gasteiger partial charge >= 0.3 is 0 Å². The molecule has 0 unspecified atom stereocenters. The number of nitrogen functional groups attached to an aromatic ring is 1. The van der Waals surface area contributed by atoms with Crippen molar-refractivity contribution in [2.45, 2.75) is 19.3 Å². The van der Waals surface area contributed by atoms with Gasteiger partial charge in [0, 0.05) is 12.6 Å². The molecule has 6 nitrogen and oxygen atoms in total. The van der Waals surface area contributed by atoms with Crippen molar-refractivity contribution in [3.63, 3.8) is 0 Å². The van der Waals surface area contributed by atoms with Crippen molar-refractivity contribution in [1.29, 1.82) is 0 Å². The zero-order chi connectivity index (χ0) is 10.4. The monoisotopic (exact) mass is 203 g/mol. The van der Waals surface area contributed by atoms with Crippen LogP contribution >= 0.6 is 0 Å². The van der Waals surface area contributed by atoms with Crippen LogP contribution in [0.25, 0.3) is 5.78 Å². The number of fused-ring (bicyclic) bond motifs is 3. The smallest absolute Gasteiger partial charge is 0.254 e. The number of anilines is 1. The number of hydrogen-bond acceptors (Lipinski definition) is 5. The Bertz CT molecular complexity index is 559. The van der Waals surface area contributed by atoms with Gasteiger partial charge in [0.25, 0.3) is 5.78 Å². The van der Waals surface area contributed by atoms with Gasteiger partial charge in [0.05, 0.1) is 11.3 Å². The van der Waals surface area contributed by atoms with E-state index in [-0.39, 0.29) is 11.7 Å².